The molecule has 0 fully saturated rings. The third-order valence-electron chi connectivity index (χ3n) is 5.67. The van der Waals surface area contributed by atoms with Gasteiger partial charge in [0.25, 0.3) is 0 Å². The lowest BCUT2D eigenvalue weighted by Crippen LogP contribution is -2.16. The summed E-state index contributed by atoms with van der Waals surface area (Å²) in [6.07, 6.45) is 2.13. The number of carbonyl (C=O) groups excluding carboxylic acids is 1. The molecule has 0 amide bonds. The number of hydrogen-bond acceptors (Lipinski definition) is 6. The van der Waals surface area contributed by atoms with Gasteiger partial charge in [-0.3, -0.25) is 9.78 Å². The Morgan fingerprint density at radius 3 is 2.27 bits per heavy atom. The Balaban J connectivity index is 1.79. The lowest BCUT2D eigenvalue weighted by molar-refractivity contribution is 0.103. The minimum Gasteiger partial charge on any atom is -0.486 e. The fourth-order valence-electron chi connectivity index (χ4n) is 3.92. The highest BCUT2D eigenvalue weighted by molar-refractivity contribution is 7.91. The summed E-state index contributed by atoms with van der Waals surface area (Å²) >= 11 is 0. The molecule has 0 spiro atoms. The van der Waals surface area contributed by atoms with Crippen LogP contribution in [0.25, 0.3) is 10.9 Å². The molecule has 0 bridgehead atoms. The van der Waals surface area contributed by atoms with Gasteiger partial charge in [-0.2, -0.15) is 0 Å². The topological polar surface area (TPSA) is 82.6 Å². The van der Waals surface area contributed by atoms with Crippen LogP contribution in [-0.4, -0.2) is 32.4 Å². The second-order valence-electron chi connectivity index (χ2n) is 7.71. The van der Waals surface area contributed by atoms with Crippen molar-refractivity contribution in [3.8, 4) is 11.5 Å². The lowest BCUT2D eigenvalue weighted by Gasteiger charge is -2.20. The van der Waals surface area contributed by atoms with Crippen molar-refractivity contribution in [3.05, 3.63) is 89.6 Å². The number of aryl methyl sites for hydroxylation is 1. The Morgan fingerprint density at radius 1 is 0.939 bits per heavy atom. The zero-order chi connectivity index (χ0) is 23.0. The smallest absolute Gasteiger partial charge is 0.208 e. The third kappa shape index (κ3) is 3.74. The molecule has 1 aliphatic heterocycles. The highest BCUT2D eigenvalue weighted by atomic mass is 32.2. The summed E-state index contributed by atoms with van der Waals surface area (Å²) < 4.78 is 39.2. The summed E-state index contributed by atoms with van der Waals surface area (Å²) in [7, 11) is -4.06. The van der Waals surface area contributed by atoms with Crippen molar-refractivity contribution in [1.82, 2.24) is 4.98 Å². The monoisotopic (exact) mass is 459 g/mol. The van der Waals surface area contributed by atoms with Crippen LogP contribution in [0.15, 0.2) is 82.7 Å². The normalized spacial score (nSPS) is 13.1. The molecule has 0 atom stereocenters. The number of ether oxygens (including phenoxy) is 2. The number of carbonyl (C=O) groups is 1. The molecule has 0 N–H and O–H groups in total. The van der Waals surface area contributed by atoms with Crippen LogP contribution in [0.1, 0.15) is 28.4 Å². The minimum absolute atomic E-state index is 0.0185. The van der Waals surface area contributed by atoms with Gasteiger partial charge in [-0.05, 0) is 30.2 Å². The molecule has 0 unspecified atom stereocenters. The van der Waals surface area contributed by atoms with Crippen molar-refractivity contribution in [2.45, 2.75) is 23.1 Å². The van der Waals surface area contributed by atoms with Gasteiger partial charge in [-0.25, -0.2) is 8.42 Å². The second kappa shape index (κ2) is 8.33. The molecular formula is C26H21NO5S. The molecule has 5 rings (SSSR count). The van der Waals surface area contributed by atoms with Crippen LogP contribution in [-0.2, 0) is 16.3 Å². The number of rotatable bonds is 5. The SMILES string of the molecule is CCc1ccc(S(=O)(=O)c2c(C(=O)c3ccccc3)cnc3cc4c(cc23)OCCO4)cc1. The van der Waals surface area contributed by atoms with Crippen LogP contribution in [0, 0.1) is 0 Å². The van der Waals surface area contributed by atoms with Gasteiger partial charge in [0, 0.05) is 23.2 Å². The summed E-state index contributed by atoms with van der Waals surface area (Å²) in [5, 5.41) is 0.320. The first-order valence-corrected chi connectivity index (χ1v) is 12.1. The van der Waals surface area contributed by atoms with Gasteiger partial charge in [0.15, 0.2) is 17.3 Å². The van der Waals surface area contributed by atoms with Gasteiger partial charge in [-0.15, -0.1) is 0 Å². The van der Waals surface area contributed by atoms with Crippen molar-refractivity contribution < 1.29 is 22.7 Å². The molecule has 1 aliphatic rings. The summed E-state index contributed by atoms with van der Waals surface area (Å²) in [5.41, 5.74) is 1.83. The number of sulfone groups is 1. The molecule has 1 aromatic heterocycles. The summed E-state index contributed by atoms with van der Waals surface area (Å²) in [6.45, 7) is 2.76. The van der Waals surface area contributed by atoms with Crippen LogP contribution in [0.3, 0.4) is 0 Å². The van der Waals surface area contributed by atoms with E-state index in [0.717, 1.165) is 12.0 Å². The van der Waals surface area contributed by atoms with Crippen molar-refractivity contribution in [1.29, 1.82) is 0 Å². The maximum absolute atomic E-state index is 13.9. The largest absolute Gasteiger partial charge is 0.486 e. The first-order chi connectivity index (χ1) is 16.0. The van der Waals surface area contributed by atoms with Gasteiger partial charge in [-0.1, -0.05) is 49.4 Å². The number of hydrogen-bond donors (Lipinski definition) is 0. The quantitative estimate of drug-likeness (QED) is 0.405. The molecule has 0 saturated heterocycles. The third-order valence-corrected chi connectivity index (χ3v) is 7.54. The van der Waals surface area contributed by atoms with Gasteiger partial charge in [0.05, 0.1) is 20.9 Å². The van der Waals surface area contributed by atoms with Crippen molar-refractivity contribution in [2.24, 2.45) is 0 Å². The van der Waals surface area contributed by atoms with E-state index in [1.54, 1.807) is 66.7 Å². The molecule has 2 heterocycles. The lowest BCUT2D eigenvalue weighted by atomic mass is 10.0. The van der Waals surface area contributed by atoms with E-state index >= 15 is 0 Å². The van der Waals surface area contributed by atoms with Crippen LogP contribution < -0.4 is 9.47 Å². The fraction of sp³-hybridized carbons (Fsp3) is 0.154. The number of benzene rings is 3. The van der Waals surface area contributed by atoms with Crippen LogP contribution in [0.5, 0.6) is 11.5 Å². The summed E-state index contributed by atoms with van der Waals surface area (Å²) in [5.74, 6) is 0.514. The Morgan fingerprint density at radius 2 is 1.61 bits per heavy atom. The number of ketones is 1. The number of fused-ring (bicyclic) bond motifs is 2. The molecule has 0 radical (unpaired) electrons. The highest BCUT2D eigenvalue weighted by Crippen LogP contribution is 2.39. The van der Waals surface area contributed by atoms with E-state index in [1.165, 1.54) is 6.20 Å². The van der Waals surface area contributed by atoms with Gasteiger partial charge in [0.1, 0.15) is 13.2 Å². The Bertz CT molecular complexity index is 1460. The van der Waals surface area contributed by atoms with Crippen molar-refractivity contribution in [3.63, 3.8) is 0 Å². The first-order valence-electron chi connectivity index (χ1n) is 10.6. The molecule has 7 heteroatoms. The van der Waals surface area contributed by atoms with E-state index in [-0.39, 0.29) is 15.4 Å². The Labute approximate surface area is 191 Å². The van der Waals surface area contributed by atoms with Gasteiger partial charge < -0.3 is 9.47 Å². The zero-order valence-electron chi connectivity index (χ0n) is 17.9. The minimum atomic E-state index is -4.06. The highest BCUT2D eigenvalue weighted by Gasteiger charge is 2.29. The molecule has 0 saturated carbocycles. The van der Waals surface area contributed by atoms with E-state index < -0.39 is 15.6 Å². The molecule has 4 aromatic rings. The number of nitrogens with zero attached hydrogens (tertiary/aromatic N) is 1. The van der Waals surface area contributed by atoms with E-state index in [2.05, 4.69) is 4.98 Å². The zero-order valence-corrected chi connectivity index (χ0v) is 18.8. The van der Waals surface area contributed by atoms with Gasteiger partial charge >= 0.3 is 0 Å². The predicted molar refractivity (Wildman–Crippen MR) is 124 cm³/mol. The van der Waals surface area contributed by atoms with Crippen LogP contribution in [0.4, 0.5) is 0 Å². The molecule has 33 heavy (non-hydrogen) atoms. The van der Waals surface area contributed by atoms with E-state index in [0.29, 0.717) is 41.2 Å². The first kappa shape index (κ1) is 21.2. The Kier molecular flexibility index (Phi) is 5.34. The summed E-state index contributed by atoms with van der Waals surface area (Å²) in [4.78, 5) is 17.9. The molecular weight excluding hydrogens is 438 g/mol. The molecule has 3 aromatic carbocycles. The molecule has 0 aliphatic carbocycles. The number of aromatic nitrogens is 1. The van der Waals surface area contributed by atoms with Crippen molar-refractivity contribution >= 4 is 26.5 Å². The van der Waals surface area contributed by atoms with Crippen LogP contribution in [0.2, 0.25) is 0 Å². The van der Waals surface area contributed by atoms with E-state index in [4.69, 9.17) is 9.47 Å². The van der Waals surface area contributed by atoms with E-state index in [1.807, 2.05) is 6.92 Å². The fourth-order valence-corrected chi connectivity index (χ4v) is 5.54. The second-order valence-corrected chi connectivity index (χ2v) is 9.60. The molecule has 6 nitrogen and oxygen atoms in total. The summed E-state index contributed by atoms with van der Waals surface area (Å²) in [6, 6.07) is 18.6. The average Bonchev–Trinajstić information content (AvgIpc) is 2.86. The Hall–Kier alpha value is -3.71. The average molecular weight is 460 g/mol. The predicted octanol–water partition coefficient (Wildman–Crippen LogP) is 4.63. The standard InChI is InChI=1S/C26H21NO5S/c1-2-17-8-10-19(11-9-17)33(29,30)26-20-14-23-24(32-13-12-31-23)15-22(20)27-16-21(26)25(28)18-6-4-3-5-7-18/h3-11,14-16H,2,12-13H2,1H3. The van der Waals surface area contributed by atoms with E-state index in [9.17, 15) is 13.2 Å². The van der Waals surface area contributed by atoms with Gasteiger partial charge in [0.2, 0.25) is 9.84 Å². The number of pyridine rings is 1. The van der Waals surface area contributed by atoms with Crippen LogP contribution >= 0.6 is 0 Å². The van der Waals surface area contributed by atoms with Crippen molar-refractivity contribution in [2.75, 3.05) is 13.2 Å². The molecule has 166 valence electrons. The maximum Gasteiger partial charge on any atom is 0.208 e. The maximum atomic E-state index is 13.9.